The first kappa shape index (κ1) is 18.9. The number of hydrogen-bond acceptors (Lipinski definition) is 3. The van der Waals surface area contributed by atoms with Crippen LogP contribution < -0.4 is 0 Å². The molecule has 0 amide bonds. The van der Waals surface area contributed by atoms with Gasteiger partial charge in [-0.25, -0.2) is 0 Å². The molecule has 3 nitrogen and oxygen atoms in total. The molecule has 126 valence electrons. The number of aliphatic hydroxyl groups excluding tert-OH is 1. The minimum absolute atomic E-state index is 0.136. The van der Waals surface area contributed by atoms with Crippen LogP contribution in [0.1, 0.15) is 59.8 Å². The standard InChI is InChI=1S/C18H38N2O/c1-7-11-20(13-12-19(5)6)16-14-15(9-10-17(16)21)18(3,4)8-2/h15-17,21H,7-14H2,1-6H3. The molecule has 0 aromatic heterocycles. The molecule has 1 N–H and O–H groups in total. The van der Waals surface area contributed by atoms with Gasteiger partial charge in [0, 0.05) is 19.1 Å². The average molecular weight is 299 g/mol. The van der Waals surface area contributed by atoms with Gasteiger partial charge in [-0.05, 0) is 57.7 Å². The van der Waals surface area contributed by atoms with E-state index >= 15 is 0 Å². The predicted molar refractivity (Wildman–Crippen MR) is 91.6 cm³/mol. The number of rotatable bonds is 8. The van der Waals surface area contributed by atoms with Gasteiger partial charge in [-0.15, -0.1) is 0 Å². The Morgan fingerprint density at radius 2 is 1.71 bits per heavy atom. The fraction of sp³-hybridized carbons (Fsp3) is 1.00. The van der Waals surface area contributed by atoms with Gasteiger partial charge in [0.15, 0.2) is 0 Å². The molecule has 1 aliphatic rings. The summed E-state index contributed by atoms with van der Waals surface area (Å²) >= 11 is 0. The van der Waals surface area contributed by atoms with Gasteiger partial charge in [-0.2, -0.15) is 0 Å². The summed E-state index contributed by atoms with van der Waals surface area (Å²) in [7, 11) is 4.26. The molecule has 1 rings (SSSR count). The monoisotopic (exact) mass is 298 g/mol. The second-order valence-electron chi connectivity index (χ2n) is 7.83. The van der Waals surface area contributed by atoms with Gasteiger partial charge in [0.1, 0.15) is 0 Å². The van der Waals surface area contributed by atoms with Crippen LogP contribution in [0.5, 0.6) is 0 Å². The second kappa shape index (κ2) is 8.50. The maximum atomic E-state index is 10.5. The molecule has 0 aromatic rings. The summed E-state index contributed by atoms with van der Waals surface area (Å²) < 4.78 is 0. The zero-order chi connectivity index (χ0) is 16.0. The zero-order valence-electron chi connectivity index (χ0n) is 15.2. The van der Waals surface area contributed by atoms with E-state index in [-0.39, 0.29) is 6.10 Å². The molecule has 0 radical (unpaired) electrons. The molecule has 0 heterocycles. The van der Waals surface area contributed by atoms with Crippen molar-refractivity contribution in [3.05, 3.63) is 0 Å². The van der Waals surface area contributed by atoms with Crippen molar-refractivity contribution in [2.75, 3.05) is 33.7 Å². The smallest absolute Gasteiger partial charge is 0.0695 e. The molecule has 0 saturated heterocycles. The van der Waals surface area contributed by atoms with E-state index in [9.17, 15) is 5.11 Å². The van der Waals surface area contributed by atoms with Crippen LogP contribution in [-0.2, 0) is 0 Å². The van der Waals surface area contributed by atoms with Crippen molar-refractivity contribution in [3.63, 3.8) is 0 Å². The maximum Gasteiger partial charge on any atom is 0.0695 e. The van der Waals surface area contributed by atoms with Crippen molar-refractivity contribution in [1.29, 1.82) is 0 Å². The van der Waals surface area contributed by atoms with Crippen molar-refractivity contribution >= 4 is 0 Å². The van der Waals surface area contributed by atoms with Gasteiger partial charge in [-0.1, -0.05) is 34.1 Å². The van der Waals surface area contributed by atoms with Crippen LogP contribution in [0.2, 0.25) is 0 Å². The van der Waals surface area contributed by atoms with Gasteiger partial charge < -0.3 is 10.0 Å². The second-order valence-corrected chi connectivity index (χ2v) is 7.83. The third-order valence-electron chi connectivity index (χ3n) is 5.61. The minimum Gasteiger partial charge on any atom is -0.391 e. The van der Waals surface area contributed by atoms with E-state index < -0.39 is 0 Å². The molecule has 0 aliphatic heterocycles. The highest BCUT2D eigenvalue weighted by Gasteiger charge is 2.38. The van der Waals surface area contributed by atoms with Gasteiger partial charge >= 0.3 is 0 Å². The van der Waals surface area contributed by atoms with E-state index in [4.69, 9.17) is 0 Å². The number of likely N-dealkylation sites (N-methyl/N-ethyl adjacent to an activating group) is 1. The van der Waals surface area contributed by atoms with Crippen LogP contribution in [0.3, 0.4) is 0 Å². The summed E-state index contributed by atoms with van der Waals surface area (Å²) in [6.45, 7) is 12.6. The third-order valence-corrected chi connectivity index (χ3v) is 5.61. The largest absolute Gasteiger partial charge is 0.391 e. The first-order chi connectivity index (χ1) is 9.81. The summed E-state index contributed by atoms with van der Waals surface area (Å²) in [6.07, 6.45) is 5.58. The first-order valence-electron chi connectivity index (χ1n) is 8.88. The number of hydrogen-bond donors (Lipinski definition) is 1. The Kier molecular flexibility index (Phi) is 7.66. The lowest BCUT2D eigenvalue weighted by Gasteiger charge is -2.45. The summed E-state index contributed by atoms with van der Waals surface area (Å²) in [4.78, 5) is 4.79. The van der Waals surface area contributed by atoms with Crippen LogP contribution in [0.15, 0.2) is 0 Å². The molecule has 3 heteroatoms. The quantitative estimate of drug-likeness (QED) is 0.745. The lowest BCUT2D eigenvalue weighted by atomic mass is 9.67. The molecule has 1 saturated carbocycles. The number of aliphatic hydroxyl groups is 1. The average Bonchev–Trinajstić information content (AvgIpc) is 2.43. The Balaban J connectivity index is 2.74. The van der Waals surface area contributed by atoms with Gasteiger partial charge in [0.25, 0.3) is 0 Å². The highest BCUT2D eigenvalue weighted by Crippen LogP contribution is 2.41. The van der Waals surface area contributed by atoms with Crippen LogP contribution >= 0.6 is 0 Å². The molecule has 21 heavy (non-hydrogen) atoms. The fourth-order valence-electron chi connectivity index (χ4n) is 3.58. The SMILES string of the molecule is CCCN(CCN(C)C)C1CC(C(C)(C)CC)CCC1O. The van der Waals surface area contributed by atoms with E-state index in [1.807, 2.05) is 0 Å². The molecule has 0 bridgehead atoms. The Hall–Kier alpha value is -0.120. The van der Waals surface area contributed by atoms with E-state index in [1.165, 1.54) is 19.3 Å². The number of nitrogens with zero attached hydrogens (tertiary/aromatic N) is 2. The molecule has 0 aromatic carbocycles. The first-order valence-corrected chi connectivity index (χ1v) is 8.88. The lowest BCUT2D eigenvalue weighted by molar-refractivity contribution is -0.0224. The van der Waals surface area contributed by atoms with Crippen LogP contribution in [-0.4, -0.2) is 60.8 Å². The van der Waals surface area contributed by atoms with E-state index in [2.05, 4.69) is 51.6 Å². The highest BCUT2D eigenvalue weighted by atomic mass is 16.3. The van der Waals surface area contributed by atoms with Crippen molar-refractivity contribution in [2.24, 2.45) is 11.3 Å². The summed E-state index contributed by atoms with van der Waals surface area (Å²) in [5.41, 5.74) is 0.401. The molecule has 0 spiro atoms. The Labute approximate surface area is 132 Å². The zero-order valence-corrected chi connectivity index (χ0v) is 15.2. The van der Waals surface area contributed by atoms with Crippen LogP contribution in [0.4, 0.5) is 0 Å². The molecule has 3 atom stereocenters. The lowest BCUT2D eigenvalue weighted by Crippen LogP contribution is -2.51. The normalized spacial score (nSPS) is 27.6. The predicted octanol–water partition coefficient (Wildman–Crippen LogP) is 3.23. The van der Waals surface area contributed by atoms with E-state index in [1.54, 1.807) is 0 Å². The van der Waals surface area contributed by atoms with Crippen LogP contribution in [0, 0.1) is 11.3 Å². The van der Waals surface area contributed by atoms with Crippen LogP contribution in [0.25, 0.3) is 0 Å². The molecule has 3 unspecified atom stereocenters. The van der Waals surface area contributed by atoms with Gasteiger partial charge in [-0.3, -0.25) is 4.90 Å². The maximum absolute atomic E-state index is 10.5. The molecular weight excluding hydrogens is 260 g/mol. The van der Waals surface area contributed by atoms with Crippen molar-refractivity contribution in [1.82, 2.24) is 9.80 Å². The van der Waals surface area contributed by atoms with Crippen molar-refractivity contribution < 1.29 is 5.11 Å². The third kappa shape index (κ3) is 5.54. The molecule has 1 fully saturated rings. The summed E-state index contributed by atoms with van der Waals surface area (Å²) in [5, 5.41) is 10.5. The Morgan fingerprint density at radius 1 is 1.05 bits per heavy atom. The molecular formula is C18H38N2O. The topological polar surface area (TPSA) is 26.7 Å². The highest BCUT2D eigenvalue weighted by molar-refractivity contribution is 4.91. The Bertz CT molecular complexity index is 291. The minimum atomic E-state index is -0.136. The van der Waals surface area contributed by atoms with E-state index in [0.29, 0.717) is 11.5 Å². The van der Waals surface area contributed by atoms with Gasteiger partial charge in [0.2, 0.25) is 0 Å². The summed E-state index contributed by atoms with van der Waals surface area (Å²) in [6, 6.07) is 0.356. The van der Waals surface area contributed by atoms with Crippen molar-refractivity contribution in [2.45, 2.75) is 71.9 Å². The van der Waals surface area contributed by atoms with E-state index in [0.717, 1.165) is 38.4 Å². The van der Waals surface area contributed by atoms with Gasteiger partial charge in [0.05, 0.1) is 6.10 Å². The summed E-state index contributed by atoms with van der Waals surface area (Å²) in [5.74, 6) is 0.745. The fourth-order valence-corrected chi connectivity index (χ4v) is 3.58. The molecule has 1 aliphatic carbocycles. The van der Waals surface area contributed by atoms with Crippen molar-refractivity contribution in [3.8, 4) is 0 Å². The Morgan fingerprint density at radius 3 is 2.24 bits per heavy atom.